The number of aryl methyl sites for hydroxylation is 1. The molecule has 0 heteroatoms. The smallest absolute Gasteiger partial charge is 0.0222 e. The molecule has 88 valence electrons. The van der Waals surface area contributed by atoms with Gasteiger partial charge in [-0.1, -0.05) is 55.7 Å². The molecule has 0 N–H and O–H groups in total. The van der Waals surface area contributed by atoms with E-state index in [0.717, 1.165) is 0 Å². The molecule has 17 heavy (non-hydrogen) atoms. The zero-order valence-corrected chi connectivity index (χ0v) is 11.0. The topological polar surface area (TPSA) is 0 Å². The third kappa shape index (κ3) is 3.32. The highest BCUT2D eigenvalue weighted by atomic mass is 14.1. The van der Waals surface area contributed by atoms with Crippen molar-refractivity contribution in [2.45, 2.75) is 20.8 Å². The highest BCUT2D eigenvalue weighted by Gasteiger charge is 2.01. The predicted molar refractivity (Wildman–Crippen MR) is 78.9 cm³/mol. The molecule has 0 saturated carbocycles. The molecule has 1 rings (SSSR count). The number of rotatable bonds is 4. The maximum atomic E-state index is 3.81. The van der Waals surface area contributed by atoms with E-state index in [1.54, 1.807) is 6.08 Å². The van der Waals surface area contributed by atoms with Crippen molar-refractivity contribution in [2.24, 2.45) is 0 Å². The second kappa shape index (κ2) is 6.05. The van der Waals surface area contributed by atoms with E-state index in [9.17, 15) is 0 Å². The largest absolute Gasteiger partial charge is 0.0991 e. The second-order valence-electron chi connectivity index (χ2n) is 4.18. The van der Waals surface area contributed by atoms with Crippen molar-refractivity contribution in [1.82, 2.24) is 0 Å². The Balaban J connectivity index is 3.16. The van der Waals surface area contributed by atoms with Gasteiger partial charge in [0.25, 0.3) is 0 Å². The summed E-state index contributed by atoms with van der Waals surface area (Å²) in [6.07, 6.45) is 7.73. The molecule has 0 saturated heterocycles. The Bertz CT molecular complexity index is 485. The van der Waals surface area contributed by atoms with Gasteiger partial charge in [-0.2, -0.15) is 0 Å². The molecule has 0 aromatic heterocycles. The summed E-state index contributed by atoms with van der Waals surface area (Å²) < 4.78 is 0. The van der Waals surface area contributed by atoms with Gasteiger partial charge < -0.3 is 0 Å². The van der Waals surface area contributed by atoms with Crippen LogP contribution >= 0.6 is 0 Å². The summed E-state index contributed by atoms with van der Waals surface area (Å²) in [5.74, 6) is 0. The fraction of sp³-hybridized carbons (Fsp3) is 0.176. The Hall–Kier alpha value is -1.82. The standard InChI is InChI=1S/C17H20/c1-6-8-9-13(3)15(5)17-11-10-16(7-2)14(4)12-17/h6-12H,1-2H2,3-5H3/b9-8-,15-13-. The summed E-state index contributed by atoms with van der Waals surface area (Å²) in [5.41, 5.74) is 6.27. The molecule has 0 aliphatic rings. The molecule has 0 aliphatic carbocycles. The molecule has 1 aromatic rings. The summed E-state index contributed by atoms with van der Waals surface area (Å²) in [5, 5.41) is 0. The van der Waals surface area contributed by atoms with Gasteiger partial charge in [0.15, 0.2) is 0 Å². The van der Waals surface area contributed by atoms with E-state index in [2.05, 4.69) is 58.2 Å². The van der Waals surface area contributed by atoms with Crippen molar-refractivity contribution in [1.29, 1.82) is 0 Å². The van der Waals surface area contributed by atoms with Gasteiger partial charge in [-0.25, -0.2) is 0 Å². The van der Waals surface area contributed by atoms with E-state index in [4.69, 9.17) is 0 Å². The Morgan fingerprint density at radius 3 is 2.41 bits per heavy atom. The Kier molecular flexibility index (Phi) is 4.71. The maximum Gasteiger partial charge on any atom is -0.0222 e. The summed E-state index contributed by atoms with van der Waals surface area (Å²) in [6.45, 7) is 13.9. The van der Waals surface area contributed by atoms with Crippen LogP contribution in [0.25, 0.3) is 11.6 Å². The average Bonchev–Trinajstić information content (AvgIpc) is 2.34. The molecule has 0 atom stereocenters. The molecule has 0 heterocycles. The Labute approximate surface area is 105 Å². The first kappa shape index (κ1) is 13.2. The minimum Gasteiger partial charge on any atom is -0.0991 e. The zero-order valence-electron chi connectivity index (χ0n) is 11.0. The second-order valence-corrected chi connectivity index (χ2v) is 4.18. The third-order valence-corrected chi connectivity index (χ3v) is 3.00. The lowest BCUT2D eigenvalue weighted by atomic mass is 9.97. The number of hydrogen-bond donors (Lipinski definition) is 0. The van der Waals surface area contributed by atoms with E-state index in [0.29, 0.717) is 0 Å². The van der Waals surface area contributed by atoms with E-state index < -0.39 is 0 Å². The van der Waals surface area contributed by atoms with Crippen molar-refractivity contribution in [2.75, 3.05) is 0 Å². The molecule has 0 radical (unpaired) electrons. The van der Waals surface area contributed by atoms with Crippen molar-refractivity contribution in [3.8, 4) is 0 Å². The van der Waals surface area contributed by atoms with Crippen LogP contribution in [0.4, 0.5) is 0 Å². The average molecular weight is 224 g/mol. The first-order valence-corrected chi connectivity index (χ1v) is 5.80. The Morgan fingerprint density at radius 2 is 1.88 bits per heavy atom. The highest BCUT2D eigenvalue weighted by molar-refractivity contribution is 5.70. The first-order valence-electron chi connectivity index (χ1n) is 5.80. The van der Waals surface area contributed by atoms with Crippen LogP contribution < -0.4 is 0 Å². The zero-order chi connectivity index (χ0) is 12.8. The molecule has 0 amide bonds. The molecule has 0 nitrogen and oxygen atoms in total. The lowest BCUT2D eigenvalue weighted by Gasteiger charge is -2.08. The quantitative estimate of drug-likeness (QED) is 0.619. The van der Waals surface area contributed by atoms with Crippen molar-refractivity contribution < 1.29 is 0 Å². The van der Waals surface area contributed by atoms with Crippen LogP contribution in [0.1, 0.15) is 30.5 Å². The van der Waals surface area contributed by atoms with Gasteiger partial charge >= 0.3 is 0 Å². The van der Waals surface area contributed by atoms with Gasteiger partial charge in [-0.05, 0) is 48.6 Å². The summed E-state index contributed by atoms with van der Waals surface area (Å²) >= 11 is 0. The Morgan fingerprint density at radius 1 is 1.18 bits per heavy atom. The molecule has 1 aromatic carbocycles. The maximum absolute atomic E-state index is 3.81. The molecular formula is C17H20. The SMILES string of the molecule is C=C/C=C\C(C)=C(\C)c1ccc(C=C)c(C)c1. The van der Waals surface area contributed by atoms with Crippen LogP contribution in [0, 0.1) is 6.92 Å². The molecular weight excluding hydrogens is 204 g/mol. The van der Waals surface area contributed by atoms with Gasteiger partial charge in [-0.3, -0.25) is 0 Å². The van der Waals surface area contributed by atoms with Gasteiger partial charge in [0.2, 0.25) is 0 Å². The van der Waals surface area contributed by atoms with Crippen LogP contribution in [-0.4, -0.2) is 0 Å². The van der Waals surface area contributed by atoms with Crippen LogP contribution in [-0.2, 0) is 0 Å². The van der Waals surface area contributed by atoms with Crippen LogP contribution in [0.15, 0.2) is 55.2 Å². The van der Waals surface area contributed by atoms with Gasteiger partial charge in [-0.15, -0.1) is 0 Å². The van der Waals surface area contributed by atoms with E-state index in [1.165, 1.54) is 27.8 Å². The van der Waals surface area contributed by atoms with E-state index >= 15 is 0 Å². The van der Waals surface area contributed by atoms with Crippen LogP contribution in [0.3, 0.4) is 0 Å². The predicted octanol–water partition coefficient (Wildman–Crippen LogP) is 5.17. The minimum absolute atomic E-state index is 1.20. The van der Waals surface area contributed by atoms with E-state index in [-0.39, 0.29) is 0 Å². The minimum atomic E-state index is 1.20. The first-order chi connectivity index (χ1) is 8.10. The highest BCUT2D eigenvalue weighted by Crippen LogP contribution is 2.22. The summed E-state index contributed by atoms with van der Waals surface area (Å²) in [4.78, 5) is 0. The van der Waals surface area contributed by atoms with E-state index in [1.807, 2.05) is 12.2 Å². The lowest BCUT2D eigenvalue weighted by Crippen LogP contribution is -1.87. The van der Waals surface area contributed by atoms with Crippen LogP contribution in [0.2, 0.25) is 0 Å². The summed E-state index contributed by atoms with van der Waals surface area (Å²) in [6, 6.07) is 6.47. The fourth-order valence-corrected chi connectivity index (χ4v) is 1.70. The number of allylic oxidation sites excluding steroid dienone is 5. The molecule has 0 spiro atoms. The molecule has 0 aliphatic heterocycles. The number of benzene rings is 1. The lowest BCUT2D eigenvalue weighted by molar-refractivity contribution is 1.39. The van der Waals surface area contributed by atoms with Crippen molar-refractivity contribution in [3.05, 3.63) is 71.8 Å². The molecule has 0 unspecified atom stereocenters. The van der Waals surface area contributed by atoms with Gasteiger partial charge in [0.1, 0.15) is 0 Å². The molecule has 0 fully saturated rings. The normalized spacial score (nSPS) is 12.4. The van der Waals surface area contributed by atoms with Crippen LogP contribution in [0.5, 0.6) is 0 Å². The van der Waals surface area contributed by atoms with Crippen molar-refractivity contribution in [3.63, 3.8) is 0 Å². The summed E-state index contributed by atoms with van der Waals surface area (Å²) in [7, 11) is 0. The monoisotopic (exact) mass is 224 g/mol. The number of hydrogen-bond acceptors (Lipinski definition) is 0. The van der Waals surface area contributed by atoms with Crippen molar-refractivity contribution >= 4 is 11.6 Å². The van der Waals surface area contributed by atoms with Gasteiger partial charge in [0.05, 0.1) is 0 Å². The molecule has 0 bridgehead atoms. The third-order valence-electron chi connectivity index (χ3n) is 3.00. The fourth-order valence-electron chi connectivity index (χ4n) is 1.70. The van der Waals surface area contributed by atoms with Gasteiger partial charge in [0, 0.05) is 0 Å².